The summed E-state index contributed by atoms with van der Waals surface area (Å²) < 4.78 is 5.52. The van der Waals surface area contributed by atoms with Gasteiger partial charge >= 0.3 is 0 Å². The lowest BCUT2D eigenvalue weighted by Gasteiger charge is -2.28. The lowest BCUT2D eigenvalue weighted by atomic mass is 9.88. The van der Waals surface area contributed by atoms with Crippen molar-refractivity contribution in [3.8, 4) is 0 Å². The molecule has 0 aromatic rings. The predicted octanol–water partition coefficient (Wildman–Crippen LogP) is 1.79. The number of rotatable bonds is 2. The van der Waals surface area contributed by atoms with Crippen LogP contribution in [0.1, 0.15) is 32.1 Å². The summed E-state index contributed by atoms with van der Waals surface area (Å²) in [5.74, 6) is 3.55. The van der Waals surface area contributed by atoms with Crippen LogP contribution in [0.3, 0.4) is 0 Å². The molecule has 3 rings (SSSR count). The summed E-state index contributed by atoms with van der Waals surface area (Å²) in [5.41, 5.74) is 6.36. The van der Waals surface area contributed by atoms with E-state index in [2.05, 4.69) is 0 Å². The molecule has 2 nitrogen and oxygen atoms in total. The first-order valence-electron chi connectivity index (χ1n) is 6.21. The van der Waals surface area contributed by atoms with Gasteiger partial charge in [-0.25, -0.2) is 0 Å². The van der Waals surface area contributed by atoms with E-state index in [1.165, 1.54) is 32.1 Å². The maximum atomic E-state index is 6.36. The highest BCUT2D eigenvalue weighted by molar-refractivity contribution is 5.06. The van der Waals surface area contributed by atoms with Gasteiger partial charge in [-0.15, -0.1) is 0 Å². The second-order valence-electron chi connectivity index (χ2n) is 5.39. The summed E-state index contributed by atoms with van der Waals surface area (Å²) in [6.45, 7) is 1.89. The average molecular weight is 195 g/mol. The van der Waals surface area contributed by atoms with E-state index in [1.807, 2.05) is 0 Å². The smallest absolute Gasteiger partial charge is 0.0509 e. The number of nitrogens with two attached hydrogens (primary N) is 1. The van der Waals surface area contributed by atoms with Crippen LogP contribution in [-0.4, -0.2) is 19.3 Å². The van der Waals surface area contributed by atoms with Crippen molar-refractivity contribution in [3.63, 3.8) is 0 Å². The molecular weight excluding hydrogens is 174 g/mol. The predicted molar refractivity (Wildman–Crippen MR) is 55.8 cm³/mol. The van der Waals surface area contributed by atoms with E-state index >= 15 is 0 Å². The highest BCUT2D eigenvalue weighted by atomic mass is 16.5. The molecule has 0 aromatic carbocycles. The maximum absolute atomic E-state index is 6.36. The van der Waals surface area contributed by atoms with Crippen molar-refractivity contribution < 1.29 is 4.74 Å². The van der Waals surface area contributed by atoms with E-state index in [9.17, 15) is 0 Å². The zero-order valence-corrected chi connectivity index (χ0v) is 8.82. The Labute approximate surface area is 86.2 Å². The maximum Gasteiger partial charge on any atom is 0.0509 e. The zero-order valence-electron chi connectivity index (χ0n) is 8.82. The molecule has 3 aliphatic rings. The van der Waals surface area contributed by atoms with E-state index in [-0.39, 0.29) is 0 Å². The number of fused-ring (bicyclic) bond motifs is 1. The Morgan fingerprint density at radius 3 is 2.50 bits per heavy atom. The van der Waals surface area contributed by atoms with Gasteiger partial charge in [-0.2, -0.15) is 0 Å². The number of hydrogen-bond donors (Lipinski definition) is 1. The van der Waals surface area contributed by atoms with E-state index in [0.29, 0.717) is 12.0 Å². The molecule has 4 unspecified atom stereocenters. The van der Waals surface area contributed by atoms with Gasteiger partial charge in [0.25, 0.3) is 0 Å². The second kappa shape index (κ2) is 3.49. The highest BCUT2D eigenvalue weighted by Gasteiger charge is 2.56. The quantitative estimate of drug-likeness (QED) is 0.729. The van der Waals surface area contributed by atoms with Gasteiger partial charge in [0.2, 0.25) is 0 Å². The van der Waals surface area contributed by atoms with Gasteiger partial charge in [-0.3, -0.25) is 0 Å². The molecule has 1 heterocycles. The van der Waals surface area contributed by atoms with Crippen molar-refractivity contribution in [1.82, 2.24) is 0 Å². The van der Waals surface area contributed by atoms with Crippen LogP contribution in [0, 0.1) is 23.7 Å². The highest BCUT2D eigenvalue weighted by Crippen LogP contribution is 2.59. The van der Waals surface area contributed by atoms with Crippen LogP contribution < -0.4 is 5.73 Å². The SMILES string of the molecule is NC(C1CCCOC1)C1C2CCCC21. The van der Waals surface area contributed by atoms with E-state index in [1.54, 1.807) is 0 Å². The molecule has 0 bridgehead atoms. The van der Waals surface area contributed by atoms with Crippen LogP contribution in [-0.2, 0) is 4.74 Å². The molecule has 3 fully saturated rings. The standard InChI is InChI=1S/C12H21NO/c13-12(8-3-2-6-14-7-8)11-9-4-1-5-10(9)11/h8-12H,1-7,13H2. The van der Waals surface area contributed by atoms with E-state index < -0.39 is 0 Å². The third-order valence-electron chi connectivity index (χ3n) is 4.66. The molecule has 2 N–H and O–H groups in total. The molecule has 1 aliphatic heterocycles. The van der Waals surface area contributed by atoms with Gasteiger partial charge in [0.1, 0.15) is 0 Å². The molecule has 2 aliphatic carbocycles. The van der Waals surface area contributed by atoms with Gasteiger partial charge < -0.3 is 10.5 Å². The molecule has 0 radical (unpaired) electrons. The minimum atomic E-state index is 0.450. The lowest BCUT2D eigenvalue weighted by molar-refractivity contribution is 0.0401. The minimum Gasteiger partial charge on any atom is -0.381 e. The number of ether oxygens (including phenoxy) is 1. The molecule has 14 heavy (non-hydrogen) atoms. The van der Waals surface area contributed by atoms with Crippen LogP contribution in [0.25, 0.3) is 0 Å². The summed E-state index contributed by atoms with van der Waals surface area (Å²) in [6, 6.07) is 0.450. The van der Waals surface area contributed by atoms with Crippen LogP contribution in [0.4, 0.5) is 0 Å². The monoisotopic (exact) mass is 195 g/mol. The Hall–Kier alpha value is -0.0800. The van der Waals surface area contributed by atoms with Gasteiger partial charge in [-0.1, -0.05) is 6.42 Å². The third kappa shape index (κ3) is 1.40. The van der Waals surface area contributed by atoms with Gasteiger partial charge in [0.05, 0.1) is 6.61 Å². The first-order chi connectivity index (χ1) is 6.88. The first kappa shape index (κ1) is 9.17. The number of hydrogen-bond acceptors (Lipinski definition) is 2. The van der Waals surface area contributed by atoms with Crippen LogP contribution >= 0.6 is 0 Å². The van der Waals surface area contributed by atoms with Gasteiger partial charge in [0, 0.05) is 12.6 Å². The Morgan fingerprint density at radius 1 is 1.07 bits per heavy atom. The summed E-state index contributed by atoms with van der Waals surface area (Å²) in [7, 11) is 0. The molecular formula is C12H21NO. The fourth-order valence-corrected chi connectivity index (χ4v) is 3.83. The molecule has 0 amide bonds. The molecule has 0 aromatic heterocycles. The molecule has 1 saturated heterocycles. The first-order valence-corrected chi connectivity index (χ1v) is 6.21. The van der Waals surface area contributed by atoms with Crippen molar-refractivity contribution in [1.29, 1.82) is 0 Å². The van der Waals surface area contributed by atoms with Crippen LogP contribution in [0.15, 0.2) is 0 Å². The summed E-state index contributed by atoms with van der Waals surface area (Å²) >= 11 is 0. The molecule has 80 valence electrons. The molecule has 2 saturated carbocycles. The zero-order chi connectivity index (χ0) is 9.54. The minimum absolute atomic E-state index is 0.450. The largest absolute Gasteiger partial charge is 0.381 e. The fraction of sp³-hybridized carbons (Fsp3) is 1.00. The average Bonchev–Trinajstić information content (AvgIpc) is 2.72. The summed E-state index contributed by atoms with van der Waals surface area (Å²) in [4.78, 5) is 0. The van der Waals surface area contributed by atoms with Crippen LogP contribution in [0.2, 0.25) is 0 Å². The Bertz CT molecular complexity index is 200. The van der Waals surface area contributed by atoms with Gasteiger partial charge in [-0.05, 0) is 49.4 Å². The van der Waals surface area contributed by atoms with Crippen molar-refractivity contribution >= 4 is 0 Å². The van der Waals surface area contributed by atoms with Crippen molar-refractivity contribution in [2.24, 2.45) is 29.4 Å². The van der Waals surface area contributed by atoms with Gasteiger partial charge in [0.15, 0.2) is 0 Å². The van der Waals surface area contributed by atoms with E-state index in [0.717, 1.165) is 31.0 Å². The molecule has 0 spiro atoms. The normalized spacial score (nSPS) is 48.6. The summed E-state index contributed by atoms with van der Waals surface area (Å²) in [5, 5.41) is 0. The Balaban J connectivity index is 1.57. The topological polar surface area (TPSA) is 35.2 Å². The molecule has 2 heteroatoms. The van der Waals surface area contributed by atoms with E-state index in [4.69, 9.17) is 10.5 Å². The Kier molecular flexibility index (Phi) is 2.29. The fourth-order valence-electron chi connectivity index (χ4n) is 3.83. The lowest BCUT2D eigenvalue weighted by Crippen LogP contribution is -2.38. The van der Waals surface area contributed by atoms with Crippen molar-refractivity contribution in [2.45, 2.75) is 38.1 Å². The van der Waals surface area contributed by atoms with Crippen LogP contribution in [0.5, 0.6) is 0 Å². The molecule has 4 atom stereocenters. The summed E-state index contributed by atoms with van der Waals surface area (Å²) in [6.07, 6.45) is 6.89. The van der Waals surface area contributed by atoms with Crippen molar-refractivity contribution in [3.05, 3.63) is 0 Å². The third-order valence-corrected chi connectivity index (χ3v) is 4.66. The Morgan fingerprint density at radius 2 is 1.86 bits per heavy atom. The van der Waals surface area contributed by atoms with Crippen molar-refractivity contribution in [2.75, 3.05) is 13.2 Å². The second-order valence-corrected chi connectivity index (χ2v) is 5.39.